The minimum absolute atomic E-state index is 0.288. The summed E-state index contributed by atoms with van der Waals surface area (Å²) in [6.45, 7) is 9.33. The predicted molar refractivity (Wildman–Crippen MR) is 141 cm³/mol. The van der Waals surface area contributed by atoms with Gasteiger partial charge in [0.25, 0.3) is 5.89 Å². The lowest BCUT2D eigenvalue weighted by Gasteiger charge is -2.37. The van der Waals surface area contributed by atoms with Crippen molar-refractivity contribution in [3.05, 3.63) is 65.2 Å². The maximum atomic E-state index is 5.84. The van der Waals surface area contributed by atoms with E-state index in [4.69, 9.17) is 31.2 Å². The fourth-order valence-electron chi connectivity index (χ4n) is 4.15. The van der Waals surface area contributed by atoms with Crippen molar-refractivity contribution < 1.29 is 14.0 Å². The molecule has 1 unspecified atom stereocenters. The van der Waals surface area contributed by atoms with Crippen LogP contribution in [0.3, 0.4) is 0 Å². The van der Waals surface area contributed by atoms with E-state index in [-0.39, 0.29) is 6.04 Å². The molecule has 0 amide bonds. The zero-order valence-electron chi connectivity index (χ0n) is 21.1. The first-order valence-corrected chi connectivity index (χ1v) is 12.1. The minimum Gasteiger partial charge on any atom is -0.493 e. The molecule has 7 nitrogen and oxygen atoms in total. The molecule has 0 fully saturated rings. The second-order valence-corrected chi connectivity index (χ2v) is 9.51. The van der Waals surface area contributed by atoms with Gasteiger partial charge in [-0.3, -0.25) is 0 Å². The fourth-order valence-corrected chi connectivity index (χ4v) is 4.50. The summed E-state index contributed by atoms with van der Waals surface area (Å²) in [4.78, 5) is 6.91. The molecule has 2 aromatic carbocycles. The van der Waals surface area contributed by atoms with E-state index in [9.17, 15) is 0 Å². The number of nitrogens with zero attached hydrogens (tertiary/aromatic N) is 3. The molecule has 35 heavy (non-hydrogen) atoms. The lowest BCUT2D eigenvalue weighted by atomic mass is 9.94. The van der Waals surface area contributed by atoms with E-state index in [1.807, 2.05) is 42.5 Å². The van der Waals surface area contributed by atoms with Crippen LogP contribution in [0.2, 0.25) is 0 Å². The van der Waals surface area contributed by atoms with Gasteiger partial charge in [-0.2, -0.15) is 4.98 Å². The second-order valence-electron chi connectivity index (χ2n) is 9.12. The van der Waals surface area contributed by atoms with Gasteiger partial charge < -0.3 is 24.2 Å². The lowest BCUT2D eigenvalue weighted by molar-refractivity contribution is 0.354. The Morgan fingerprint density at radius 1 is 1.06 bits per heavy atom. The number of aryl methyl sites for hydroxylation is 1. The third kappa shape index (κ3) is 5.17. The highest BCUT2D eigenvalue weighted by Crippen LogP contribution is 2.40. The molecule has 0 radical (unpaired) electrons. The Labute approximate surface area is 212 Å². The average Bonchev–Trinajstić information content (AvgIpc) is 3.33. The molecule has 1 aliphatic rings. The third-order valence-electron chi connectivity index (χ3n) is 6.23. The van der Waals surface area contributed by atoms with Gasteiger partial charge in [-0.1, -0.05) is 54.9 Å². The zero-order valence-corrected chi connectivity index (χ0v) is 21.9. The smallest absolute Gasteiger partial charge is 0.258 e. The predicted octanol–water partition coefficient (Wildman–Crippen LogP) is 5.77. The number of aromatic nitrogens is 2. The van der Waals surface area contributed by atoms with Crippen LogP contribution < -0.4 is 14.8 Å². The SMILES string of the molecule is COc1ccc(C2NC(=S)N(CCC(C)C)C(C)=C2c2nc(-c3ccc(C)cc3)no2)cc1OC. The van der Waals surface area contributed by atoms with Crippen molar-refractivity contribution in [3.63, 3.8) is 0 Å². The molecule has 1 atom stereocenters. The van der Waals surface area contributed by atoms with Gasteiger partial charge in [-0.15, -0.1) is 0 Å². The summed E-state index contributed by atoms with van der Waals surface area (Å²) in [5.41, 5.74) is 4.92. The van der Waals surface area contributed by atoms with Crippen LogP contribution in [0.1, 0.15) is 50.3 Å². The summed E-state index contributed by atoms with van der Waals surface area (Å²) in [5.74, 6) is 2.86. The second kappa shape index (κ2) is 10.5. The maximum absolute atomic E-state index is 5.84. The third-order valence-corrected chi connectivity index (χ3v) is 6.57. The van der Waals surface area contributed by atoms with Crippen LogP contribution >= 0.6 is 12.2 Å². The lowest BCUT2D eigenvalue weighted by Crippen LogP contribution is -2.46. The molecule has 1 aliphatic heterocycles. The fraction of sp³-hybridized carbons (Fsp3) is 0.370. The number of methoxy groups -OCH3 is 2. The van der Waals surface area contributed by atoms with Gasteiger partial charge in [-0.25, -0.2) is 0 Å². The number of thiocarbonyl (C=S) groups is 1. The number of hydrogen-bond acceptors (Lipinski definition) is 6. The van der Waals surface area contributed by atoms with Crippen LogP contribution in [0, 0.1) is 12.8 Å². The first kappa shape index (κ1) is 24.7. The first-order valence-electron chi connectivity index (χ1n) is 11.7. The van der Waals surface area contributed by atoms with Crippen molar-refractivity contribution in [2.24, 2.45) is 5.92 Å². The Balaban J connectivity index is 1.80. The van der Waals surface area contributed by atoms with Gasteiger partial charge in [0.05, 0.1) is 25.8 Å². The largest absolute Gasteiger partial charge is 0.493 e. The molecular weight excluding hydrogens is 460 g/mol. The van der Waals surface area contributed by atoms with Gasteiger partial charge in [0, 0.05) is 17.8 Å². The molecule has 4 rings (SSSR count). The summed E-state index contributed by atoms with van der Waals surface area (Å²) in [6.07, 6.45) is 1.01. The summed E-state index contributed by atoms with van der Waals surface area (Å²) >= 11 is 5.80. The van der Waals surface area contributed by atoms with Crippen molar-refractivity contribution in [3.8, 4) is 22.9 Å². The van der Waals surface area contributed by atoms with Gasteiger partial charge in [0.15, 0.2) is 16.6 Å². The Morgan fingerprint density at radius 3 is 2.43 bits per heavy atom. The van der Waals surface area contributed by atoms with Crippen LogP contribution in [0.15, 0.2) is 52.7 Å². The standard InChI is InChI=1S/C27H32N4O3S/c1-16(2)13-14-31-18(4)23(26-29-25(30-34-26)19-9-7-17(3)8-10-19)24(28-27(31)35)20-11-12-21(32-5)22(15-20)33-6/h7-12,15-16,24H,13-14H2,1-6H3,(H,28,35). The molecule has 0 bridgehead atoms. The Morgan fingerprint density at radius 2 is 1.77 bits per heavy atom. The van der Waals surface area contributed by atoms with Gasteiger partial charge in [0.2, 0.25) is 5.82 Å². The zero-order chi connectivity index (χ0) is 25.1. The average molecular weight is 493 g/mol. The number of ether oxygens (including phenoxy) is 2. The topological polar surface area (TPSA) is 72.7 Å². The monoisotopic (exact) mass is 492 g/mol. The highest BCUT2D eigenvalue weighted by atomic mass is 32.1. The van der Waals surface area contributed by atoms with E-state index in [0.29, 0.717) is 34.2 Å². The molecule has 0 saturated heterocycles. The number of hydrogen-bond donors (Lipinski definition) is 1. The van der Waals surface area contributed by atoms with Crippen molar-refractivity contribution in [2.75, 3.05) is 20.8 Å². The van der Waals surface area contributed by atoms with Crippen molar-refractivity contribution in [1.29, 1.82) is 0 Å². The van der Waals surface area contributed by atoms with E-state index in [1.54, 1.807) is 14.2 Å². The van der Waals surface area contributed by atoms with Gasteiger partial charge in [-0.05, 0) is 56.1 Å². The van der Waals surface area contributed by atoms with Gasteiger partial charge >= 0.3 is 0 Å². The highest BCUT2D eigenvalue weighted by Gasteiger charge is 2.34. The quantitative estimate of drug-likeness (QED) is 0.397. The van der Waals surface area contributed by atoms with Crippen molar-refractivity contribution in [2.45, 2.75) is 40.2 Å². The molecule has 1 N–H and O–H groups in total. The molecule has 184 valence electrons. The van der Waals surface area contributed by atoms with Crippen LogP contribution in [0.25, 0.3) is 17.0 Å². The molecule has 3 aromatic rings. The van der Waals surface area contributed by atoms with Crippen molar-refractivity contribution in [1.82, 2.24) is 20.4 Å². The number of benzene rings is 2. The summed E-state index contributed by atoms with van der Waals surface area (Å²) < 4.78 is 16.8. The van der Waals surface area contributed by atoms with E-state index < -0.39 is 0 Å². The first-order chi connectivity index (χ1) is 16.8. The number of allylic oxidation sites excluding steroid dienone is 1. The van der Waals surface area contributed by atoms with E-state index >= 15 is 0 Å². The number of nitrogens with one attached hydrogen (secondary N) is 1. The van der Waals surface area contributed by atoms with Crippen LogP contribution in [-0.4, -0.2) is 40.9 Å². The molecule has 1 aromatic heterocycles. The van der Waals surface area contributed by atoms with Crippen molar-refractivity contribution >= 4 is 22.9 Å². The van der Waals surface area contributed by atoms with Crippen LogP contribution in [0.5, 0.6) is 11.5 Å². The van der Waals surface area contributed by atoms with Crippen LogP contribution in [-0.2, 0) is 0 Å². The molecule has 0 aliphatic carbocycles. The molecule has 0 saturated carbocycles. The number of rotatable bonds is 8. The molecule has 8 heteroatoms. The highest BCUT2D eigenvalue weighted by molar-refractivity contribution is 7.80. The Hall–Kier alpha value is -3.39. The minimum atomic E-state index is -0.288. The Kier molecular flexibility index (Phi) is 7.40. The van der Waals surface area contributed by atoms with E-state index in [2.05, 4.69) is 43.1 Å². The normalized spacial score (nSPS) is 16.0. The van der Waals surface area contributed by atoms with Gasteiger partial charge in [0.1, 0.15) is 0 Å². The summed E-state index contributed by atoms with van der Waals surface area (Å²) in [6, 6.07) is 13.6. The summed E-state index contributed by atoms with van der Waals surface area (Å²) in [5, 5.41) is 8.47. The molecule has 2 heterocycles. The molecule has 0 spiro atoms. The van der Waals surface area contributed by atoms with E-state index in [0.717, 1.165) is 35.4 Å². The molecular formula is C27H32N4O3S. The maximum Gasteiger partial charge on any atom is 0.258 e. The van der Waals surface area contributed by atoms with Crippen LogP contribution in [0.4, 0.5) is 0 Å². The summed E-state index contributed by atoms with van der Waals surface area (Å²) in [7, 11) is 3.25. The van der Waals surface area contributed by atoms with E-state index in [1.165, 1.54) is 5.56 Å². The Bertz CT molecular complexity index is 1230.